The van der Waals surface area contributed by atoms with E-state index in [4.69, 9.17) is 19.9 Å². The number of carbonyl (C=O) groups excluding carboxylic acids is 1. The molecule has 1 heterocycles. The zero-order valence-corrected chi connectivity index (χ0v) is 12.0. The van der Waals surface area contributed by atoms with E-state index in [1.807, 2.05) is 6.07 Å². The summed E-state index contributed by atoms with van der Waals surface area (Å²) in [5.41, 5.74) is 5.97. The number of nitrogens with one attached hydrogen (secondary N) is 1. The highest BCUT2D eigenvalue weighted by Crippen LogP contribution is 2.38. The van der Waals surface area contributed by atoms with Crippen molar-refractivity contribution in [2.24, 2.45) is 5.73 Å². The van der Waals surface area contributed by atoms with Gasteiger partial charge in [-0.1, -0.05) is 0 Å². The lowest BCUT2D eigenvalue weighted by molar-refractivity contribution is -0.119. The molecule has 2 rings (SSSR count). The molecule has 0 fully saturated rings. The van der Waals surface area contributed by atoms with E-state index in [1.165, 1.54) is 0 Å². The maximum atomic E-state index is 10.9. The first-order valence-corrected chi connectivity index (χ1v) is 6.44. The highest BCUT2D eigenvalue weighted by atomic mass is 16.7. The summed E-state index contributed by atoms with van der Waals surface area (Å²) in [6, 6.07) is 3.59. The molecule has 20 heavy (non-hydrogen) atoms. The number of amides is 1. The van der Waals surface area contributed by atoms with Crippen molar-refractivity contribution in [3.63, 3.8) is 0 Å². The van der Waals surface area contributed by atoms with Crippen molar-refractivity contribution >= 4 is 5.91 Å². The van der Waals surface area contributed by atoms with E-state index in [-0.39, 0.29) is 18.9 Å². The fourth-order valence-electron chi connectivity index (χ4n) is 1.75. The Bertz CT molecular complexity index is 509. The molecule has 1 aliphatic rings. The van der Waals surface area contributed by atoms with E-state index >= 15 is 0 Å². The normalized spacial score (nSPS) is 13.3. The average molecular weight is 280 g/mol. The number of fused-ring (bicyclic) bond motifs is 1. The minimum Gasteiger partial charge on any atom is -0.483 e. The van der Waals surface area contributed by atoms with Crippen LogP contribution in [0, 0.1) is 0 Å². The van der Waals surface area contributed by atoms with Crippen LogP contribution in [0.3, 0.4) is 0 Å². The van der Waals surface area contributed by atoms with Crippen molar-refractivity contribution in [2.75, 3.05) is 13.4 Å². The summed E-state index contributed by atoms with van der Waals surface area (Å²) in [7, 11) is 0. The summed E-state index contributed by atoms with van der Waals surface area (Å²) in [6.45, 7) is 6.84. The second-order valence-electron chi connectivity index (χ2n) is 5.67. The third-order valence-corrected chi connectivity index (χ3v) is 2.73. The third-order valence-electron chi connectivity index (χ3n) is 2.73. The molecule has 0 radical (unpaired) electrons. The van der Waals surface area contributed by atoms with Gasteiger partial charge in [-0.2, -0.15) is 0 Å². The van der Waals surface area contributed by atoms with E-state index in [9.17, 15) is 4.79 Å². The van der Waals surface area contributed by atoms with Crippen LogP contribution in [-0.2, 0) is 11.3 Å². The van der Waals surface area contributed by atoms with Gasteiger partial charge in [-0.15, -0.1) is 0 Å². The summed E-state index contributed by atoms with van der Waals surface area (Å²) in [5, 5.41) is 3.36. The topological polar surface area (TPSA) is 82.8 Å². The first-order valence-electron chi connectivity index (χ1n) is 6.44. The van der Waals surface area contributed by atoms with Crippen LogP contribution >= 0.6 is 0 Å². The van der Waals surface area contributed by atoms with E-state index in [1.54, 1.807) is 6.07 Å². The van der Waals surface area contributed by atoms with E-state index < -0.39 is 5.91 Å². The lowest BCUT2D eigenvalue weighted by Crippen LogP contribution is -2.35. The molecule has 1 aromatic carbocycles. The van der Waals surface area contributed by atoms with Crippen LogP contribution in [0.2, 0.25) is 0 Å². The van der Waals surface area contributed by atoms with Crippen LogP contribution in [0.5, 0.6) is 17.2 Å². The van der Waals surface area contributed by atoms with Crippen LogP contribution in [0.15, 0.2) is 12.1 Å². The largest absolute Gasteiger partial charge is 0.483 e. The van der Waals surface area contributed by atoms with Gasteiger partial charge in [0.25, 0.3) is 5.91 Å². The molecule has 110 valence electrons. The monoisotopic (exact) mass is 280 g/mol. The van der Waals surface area contributed by atoms with E-state index in [0.29, 0.717) is 23.8 Å². The van der Waals surface area contributed by atoms with Gasteiger partial charge in [0.2, 0.25) is 6.79 Å². The Morgan fingerprint density at radius 3 is 2.60 bits per heavy atom. The maximum absolute atomic E-state index is 10.9. The summed E-state index contributed by atoms with van der Waals surface area (Å²) in [5.74, 6) is 1.35. The number of hydrogen-bond donors (Lipinski definition) is 2. The number of carbonyl (C=O) groups is 1. The number of rotatable bonds is 5. The molecule has 1 amide bonds. The molecule has 0 atom stereocenters. The van der Waals surface area contributed by atoms with Gasteiger partial charge in [0.1, 0.15) is 5.75 Å². The Morgan fingerprint density at radius 2 is 2.00 bits per heavy atom. The molecule has 0 spiro atoms. The lowest BCUT2D eigenvalue weighted by Gasteiger charge is -2.21. The number of primary amides is 1. The molecule has 1 aliphatic heterocycles. The number of hydrogen-bond acceptors (Lipinski definition) is 5. The maximum Gasteiger partial charge on any atom is 0.255 e. The molecule has 6 nitrogen and oxygen atoms in total. The Kier molecular flexibility index (Phi) is 4.04. The Hall–Kier alpha value is -1.95. The van der Waals surface area contributed by atoms with Crippen molar-refractivity contribution in [1.82, 2.24) is 5.32 Å². The molecule has 0 saturated carbocycles. The Balaban J connectivity index is 2.20. The minimum atomic E-state index is -0.516. The predicted molar refractivity (Wildman–Crippen MR) is 73.8 cm³/mol. The Morgan fingerprint density at radius 1 is 1.35 bits per heavy atom. The molecule has 0 unspecified atom stereocenters. The standard InChI is InChI=1S/C14H20N2O4/c1-14(2,3)16-6-9-4-11-12(20-8-19-11)5-10(9)18-7-13(15)17/h4-5,16H,6-8H2,1-3H3,(H2,15,17). The first kappa shape index (κ1) is 14.5. The fourth-order valence-corrected chi connectivity index (χ4v) is 1.75. The molecule has 0 saturated heterocycles. The quantitative estimate of drug-likeness (QED) is 0.846. The predicted octanol–water partition coefficient (Wildman–Crippen LogP) is 1.17. The highest BCUT2D eigenvalue weighted by Gasteiger charge is 2.19. The first-order chi connectivity index (χ1) is 9.35. The zero-order chi connectivity index (χ0) is 14.8. The SMILES string of the molecule is CC(C)(C)NCc1cc2c(cc1OCC(N)=O)OCO2. The number of ether oxygens (including phenoxy) is 3. The molecular weight excluding hydrogens is 260 g/mol. The molecule has 0 bridgehead atoms. The second kappa shape index (κ2) is 5.58. The molecule has 0 aliphatic carbocycles. The molecular formula is C14H20N2O4. The lowest BCUT2D eigenvalue weighted by atomic mass is 10.1. The van der Waals surface area contributed by atoms with Crippen molar-refractivity contribution in [2.45, 2.75) is 32.9 Å². The van der Waals surface area contributed by atoms with Gasteiger partial charge >= 0.3 is 0 Å². The van der Waals surface area contributed by atoms with Gasteiger partial charge in [0.05, 0.1) is 0 Å². The van der Waals surface area contributed by atoms with Gasteiger partial charge in [0, 0.05) is 23.7 Å². The van der Waals surface area contributed by atoms with Crippen LogP contribution < -0.4 is 25.3 Å². The van der Waals surface area contributed by atoms with Crippen molar-refractivity contribution < 1.29 is 19.0 Å². The summed E-state index contributed by atoms with van der Waals surface area (Å²) < 4.78 is 16.1. The summed E-state index contributed by atoms with van der Waals surface area (Å²) in [6.07, 6.45) is 0. The van der Waals surface area contributed by atoms with Crippen LogP contribution in [0.1, 0.15) is 26.3 Å². The van der Waals surface area contributed by atoms with E-state index in [0.717, 1.165) is 5.56 Å². The van der Waals surface area contributed by atoms with E-state index in [2.05, 4.69) is 26.1 Å². The molecule has 6 heteroatoms. The van der Waals surface area contributed by atoms with Crippen LogP contribution in [0.4, 0.5) is 0 Å². The van der Waals surface area contributed by atoms with Gasteiger partial charge in [-0.25, -0.2) is 0 Å². The van der Waals surface area contributed by atoms with Gasteiger partial charge in [-0.05, 0) is 26.8 Å². The molecule has 1 aromatic rings. The van der Waals surface area contributed by atoms with Crippen LogP contribution in [0.25, 0.3) is 0 Å². The average Bonchev–Trinajstić information content (AvgIpc) is 2.79. The number of nitrogens with two attached hydrogens (primary N) is 1. The smallest absolute Gasteiger partial charge is 0.255 e. The minimum absolute atomic E-state index is 0.0304. The Labute approximate surface area is 118 Å². The van der Waals surface area contributed by atoms with Crippen molar-refractivity contribution in [3.05, 3.63) is 17.7 Å². The summed E-state index contributed by atoms with van der Waals surface area (Å²) in [4.78, 5) is 10.9. The summed E-state index contributed by atoms with van der Waals surface area (Å²) >= 11 is 0. The van der Waals surface area contributed by atoms with Gasteiger partial charge in [0.15, 0.2) is 18.1 Å². The number of benzene rings is 1. The highest BCUT2D eigenvalue weighted by molar-refractivity contribution is 5.75. The van der Waals surface area contributed by atoms with Crippen molar-refractivity contribution in [3.8, 4) is 17.2 Å². The van der Waals surface area contributed by atoms with Gasteiger partial charge < -0.3 is 25.3 Å². The zero-order valence-electron chi connectivity index (χ0n) is 12.0. The molecule has 0 aromatic heterocycles. The second-order valence-corrected chi connectivity index (χ2v) is 5.67. The van der Waals surface area contributed by atoms with Crippen molar-refractivity contribution in [1.29, 1.82) is 0 Å². The fraction of sp³-hybridized carbons (Fsp3) is 0.500. The van der Waals surface area contributed by atoms with Gasteiger partial charge in [-0.3, -0.25) is 4.79 Å². The van der Waals surface area contributed by atoms with Crippen LogP contribution in [-0.4, -0.2) is 24.8 Å². The molecule has 3 N–H and O–H groups in total. The third kappa shape index (κ3) is 3.77.